The fraction of sp³-hybridized carbons (Fsp3) is 0.286. The number of aromatic nitrogens is 2. The fourth-order valence-corrected chi connectivity index (χ4v) is 5.64. The molecular weight excluding hydrogens is 436 g/mol. The number of methoxy groups -OCH3 is 1. The van der Waals surface area contributed by atoms with Crippen LogP contribution in [0.25, 0.3) is 10.6 Å². The summed E-state index contributed by atoms with van der Waals surface area (Å²) in [5, 5.41) is 11.9. The van der Waals surface area contributed by atoms with E-state index in [1.807, 2.05) is 31.2 Å². The van der Waals surface area contributed by atoms with Gasteiger partial charge in [0.1, 0.15) is 10.8 Å². The topological polar surface area (TPSA) is 101 Å². The Morgan fingerprint density at radius 2 is 1.81 bits per heavy atom. The third-order valence-electron chi connectivity index (χ3n) is 5.06. The molecule has 1 aliphatic heterocycles. The van der Waals surface area contributed by atoms with Gasteiger partial charge in [0, 0.05) is 18.7 Å². The summed E-state index contributed by atoms with van der Waals surface area (Å²) in [6.45, 7) is 2.98. The zero-order valence-corrected chi connectivity index (χ0v) is 18.8. The highest BCUT2D eigenvalue weighted by Gasteiger charge is 2.28. The predicted molar refractivity (Wildman–Crippen MR) is 119 cm³/mol. The maximum Gasteiger partial charge on any atom is 0.261 e. The quantitative estimate of drug-likeness (QED) is 0.606. The molecule has 162 valence electrons. The van der Waals surface area contributed by atoms with E-state index in [0.717, 1.165) is 24.0 Å². The summed E-state index contributed by atoms with van der Waals surface area (Å²) in [6.07, 6.45) is 1.67. The van der Waals surface area contributed by atoms with Gasteiger partial charge in [0.15, 0.2) is 0 Å². The maximum absolute atomic E-state index is 12.9. The van der Waals surface area contributed by atoms with E-state index in [4.69, 9.17) is 4.74 Å². The van der Waals surface area contributed by atoms with E-state index < -0.39 is 15.9 Å². The van der Waals surface area contributed by atoms with Crippen molar-refractivity contribution in [3.8, 4) is 16.3 Å². The van der Waals surface area contributed by atoms with Crippen molar-refractivity contribution in [2.75, 3.05) is 25.5 Å². The number of nitrogens with one attached hydrogen (secondary N) is 1. The Kier molecular flexibility index (Phi) is 6.03. The second kappa shape index (κ2) is 8.74. The summed E-state index contributed by atoms with van der Waals surface area (Å²) in [5.41, 5.74) is 2.16. The number of ether oxygens (including phenoxy) is 1. The van der Waals surface area contributed by atoms with Crippen molar-refractivity contribution < 1.29 is 17.9 Å². The van der Waals surface area contributed by atoms with Crippen LogP contribution in [0.2, 0.25) is 0 Å². The van der Waals surface area contributed by atoms with Crippen molar-refractivity contribution in [2.24, 2.45) is 0 Å². The van der Waals surface area contributed by atoms with E-state index in [1.165, 1.54) is 41.0 Å². The van der Waals surface area contributed by atoms with Crippen LogP contribution in [0.5, 0.6) is 5.75 Å². The molecule has 2 heterocycles. The van der Waals surface area contributed by atoms with Crippen LogP contribution in [-0.4, -0.2) is 49.0 Å². The first-order valence-electron chi connectivity index (χ1n) is 9.78. The van der Waals surface area contributed by atoms with E-state index in [9.17, 15) is 13.2 Å². The molecule has 0 unspecified atom stereocenters. The predicted octanol–water partition coefficient (Wildman–Crippen LogP) is 3.56. The smallest absolute Gasteiger partial charge is 0.261 e. The molecule has 1 fully saturated rings. The minimum Gasteiger partial charge on any atom is -0.496 e. The molecule has 0 saturated carbocycles. The SMILES string of the molecule is COc1ccc(S(=O)(=O)N2CCCC2)cc1C(=O)Nc1nnc(-c2ccc(C)cc2)s1. The molecule has 0 radical (unpaired) electrons. The number of nitrogens with zero attached hydrogens (tertiary/aromatic N) is 3. The fourth-order valence-electron chi connectivity index (χ4n) is 3.35. The molecule has 0 atom stereocenters. The molecule has 31 heavy (non-hydrogen) atoms. The zero-order valence-electron chi connectivity index (χ0n) is 17.2. The van der Waals surface area contributed by atoms with Crippen LogP contribution in [0.4, 0.5) is 5.13 Å². The number of benzene rings is 2. The molecule has 0 spiro atoms. The number of hydrogen-bond acceptors (Lipinski definition) is 7. The van der Waals surface area contributed by atoms with E-state index in [-0.39, 0.29) is 16.2 Å². The lowest BCUT2D eigenvalue weighted by Crippen LogP contribution is -2.28. The number of carbonyl (C=O) groups excluding carboxylic acids is 1. The van der Waals surface area contributed by atoms with Gasteiger partial charge in [-0.1, -0.05) is 41.2 Å². The van der Waals surface area contributed by atoms with Crippen molar-refractivity contribution in [2.45, 2.75) is 24.7 Å². The minimum absolute atomic E-state index is 0.0676. The van der Waals surface area contributed by atoms with E-state index >= 15 is 0 Å². The Morgan fingerprint density at radius 3 is 2.48 bits per heavy atom. The first-order chi connectivity index (χ1) is 14.9. The molecule has 2 aromatic carbocycles. The van der Waals surface area contributed by atoms with Gasteiger partial charge < -0.3 is 4.74 Å². The number of aryl methyl sites for hydroxylation is 1. The molecule has 8 nitrogen and oxygen atoms in total. The maximum atomic E-state index is 12.9. The molecule has 1 amide bonds. The molecule has 3 aromatic rings. The van der Waals surface area contributed by atoms with Crippen LogP contribution in [0.15, 0.2) is 47.4 Å². The lowest BCUT2D eigenvalue weighted by atomic mass is 10.2. The molecule has 10 heteroatoms. The average molecular weight is 459 g/mol. The summed E-state index contributed by atoms with van der Waals surface area (Å²) in [7, 11) is -2.22. The highest BCUT2D eigenvalue weighted by atomic mass is 32.2. The van der Waals surface area contributed by atoms with Gasteiger partial charge in [0.05, 0.1) is 17.6 Å². The van der Waals surface area contributed by atoms with E-state index in [2.05, 4.69) is 15.5 Å². The Labute approximate surface area is 184 Å². The van der Waals surface area contributed by atoms with Gasteiger partial charge >= 0.3 is 0 Å². The van der Waals surface area contributed by atoms with E-state index in [1.54, 1.807) is 0 Å². The molecule has 4 rings (SSSR count). The van der Waals surface area contributed by atoms with Gasteiger partial charge in [-0.2, -0.15) is 4.31 Å². The van der Waals surface area contributed by atoms with Gasteiger partial charge in [-0.15, -0.1) is 10.2 Å². The third-order valence-corrected chi connectivity index (χ3v) is 7.84. The summed E-state index contributed by atoms with van der Waals surface area (Å²) in [6, 6.07) is 12.1. The lowest BCUT2D eigenvalue weighted by molar-refractivity contribution is 0.102. The van der Waals surface area contributed by atoms with Crippen LogP contribution in [0, 0.1) is 6.92 Å². The molecule has 1 saturated heterocycles. The Balaban J connectivity index is 1.59. The third kappa shape index (κ3) is 4.46. The highest BCUT2D eigenvalue weighted by molar-refractivity contribution is 7.89. The van der Waals surface area contributed by atoms with Crippen LogP contribution in [-0.2, 0) is 10.0 Å². The number of carbonyl (C=O) groups is 1. The summed E-state index contributed by atoms with van der Waals surface area (Å²) in [4.78, 5) is 13.0. The molecular formula is C21H22N4O4S2. The minimum atomic E-state index is -3.66. The number of hydrogen-bond donors (Lipinski definition) is 1. The summed E-state index contributed by atoms with van der Waals surface area (Å²) in [5.74, 6) is -0.233. The zero-order chi connectivity index (χ0) is 22.0. The molecule has 1 aromatic heterocycles. The Bertz CT molecular complexity index is 1200. The van der Waals surface area contributed by atoms with Crippen molar-refractivity contribution in [3.63, 3.8) is 0 Å². The van der Waals surface area contributed by atoms with Gasteiger partial charge in [0.25, 0.3) is 5.91 Å². The van der Waals surface area contributed by atoms with Crippen molar-refractivity contribution in [3.05, 3.63) is 53.6 Å². The van der Waals surface area contributed by atoms with Crippen LogP contribution >= 0.6 is 11.3 Å². The number of amides is 1. The second-order valence-electron chi connectivity index (χ2n) is 7.21. The van der Waals surface area contributed by atoms with Crippen LogP contribution < -0.4 is 10.1 Å². The molecule has 1 aliphatic rings. The van der Waals surface area contributed by atoms with Crippen LogP contribution in [0.3, 0.4) is 0 Å². The van der Waals surface area contributed by atoms with E-state index in [0.29, 0.717) is 23.2 Å². The summed E-state index contributed by atoms with van der Waals surface area (Å²) < 4.78 is 32.5. The number of rotatable bonds is 6. The summed E-state index contributed by atoms with van der Waals surface area (Å²) >= 11 is 1.24. The normalized spacial score (nSPS) is 14.5. The standard InChI is InChI=1S/C21H22N4O4S2/c1-14-5-7-15(8-6-14)20-23-24-21(30-20)22-19(26)17-13-16(9-10-18(17)29-2)31(27,28)25-11-3-4-12-25/h5-10,13H,3-4,11-12H2,1-2H3,(H,22,24,26). The first kappa shape index (κ1) is 21.4. The Hall–Kier alpha value is -2.82. The second-order valence-corrected chi connectivity index (χ2v) is 10.1. The highest BCUT2D eigenvalue weighted by Crippen LogP contribution is 2.29. The average Bonchev–Trinajstić information content (AvgIpc) is 3.46. The van der Waals surface area contributed by atoms with Gasteiger partial charge in [0.2, 0.25) is 15.2 Å². The largest absolute Gasteiger partial charge is 0.496 e. The first-order valence-corrected chi connectivity index (χ1v) is 12.0. The van der Waals surface area contributed by atoms with Crippen LogP contribution in [0.1, 0.15) is 28.8 Å². The molecule has 0 aliphatic carbocycles. The van der Waals surface area contributed by atoms with Crippen molar-refractivity contribution in [1.29, 1.82) is 0 Å². The molecule has 1 N–H and O–H groups in total. The van der Waals surface area contributed by atoms with Gasteiger partial charge in [-0.3, -0.25) is 10.1 Å². The lowest BCUT2D eigenvalue weighted by Gasteiger charge is -2.17. The Morgan fingerprint density at radius 1 is 1.10 bits per heavy atom. The number of sulfonamides is 1. The van der Waals surface area contributed by atoms with Gasteiger partial charge in [-0.25, -0.2) is 8.42 Å². The van der Waals surface area contributed by atoms with Crippen molar-refractivity contribution >= 4 is 32.4 Å². The number of anilines is 1. The van der Waals surface area contributed by atoms with Crippen molar-refractivity contribution in [1.82, 2.24) is 14.5 Å². The molecule has 0 bridgehead atoms. The van der Waals surface area contributed by atoms with Gasteiger partial charge in [-0.05, 0) is 38.0 Å². The monoisotopic (exact) mass is 458 g/mol.